The van der Waals surface area contributed by atoms with Crippen molar-refractivity contribution in [1.29, 1.82) is 0 Å². The molecule has 2 fully saturated rings. The molecule has 2 unspecified atom stereocenters. The first-order valence-electron chi connectivity index (χ1n) is 7.41. The van der Waals surface area contributed by atoms with Crippen LogP contribution in [0.25, 0.3) is 0 Å². The van der Waals surface area contributed by atoms with Crippen molar-refractivity contribution in [3.8, 4) is 0 Å². The van der Waals surface area contributed by atoms with Crippen molar-refractivity contribution >= 4 is 0 Å². The molecule has 0 spiro atoms. The van der Waals surface area contributed by atoms with Crippen LogP contribution in [-0.2, 0) is 0 Å². The third-order valence-electron chi connectivity index (χ3n) is 4.23. The van der Waals surface area contributed by atoms with E-state index >= 15 is 0 Å². The molecule has 2 aliphatic rings. The van der Waals surface area contributed by atoms with Crippen molar-refractivity contribution < 1.29 is 0 Å². The van der Waals surface area contributed by atoms with Crippen LogP contribution < -0.4 is 5.32 Å². The number of likely N-dealkylation sites (tertiary alicyclic amines) is 2. The van der Waals surface area contributed by atoms with E-state index in [2.05, 4.69) is 35.9 Å². The Labute approximate surface area is 107 Å². The summed E-state index contributed by atoms with van der Waals surface area (Å²) < 4.78 is 0. The van der Waals surface area contributed by atoms with Crippen molar-refractivity contribution in [2.24, 2.45) is 0 Å². The molecule has 1 N–H and O–H groups in total. The Morgan fingerprint density at radius 2 is 2.00 bits per heavy atom. The van der Waals surface area contributed by atoms with Gasteiger partial charge in [0.1, 0.15) is 0 Å². The largest absolute Gasteiger partial charge is 0.310 e. The van der Waals surface area contributed by atoms with Crippen molar-refractivity contribution in [3.63, 3.8) is 0 Å². The first-order chi connectivity index (χ1) is 8.19. The number of hydrogen-bond acceptors (Lipinski definition) is 3. The minimum absolute atomic E-state index is 0.624. The number of nitrogens with zero attached hydrogens (tertiary/aromatic N) is 2. The second kappa shape index (κ2) is 6.17. The highest BCUT2D eigenvalue weighted by molar-refractivity contribution is 4.89. The van der Waals surface area contributed by atoms with Gasteiger partial charge in [0.05, 0.1) is 0 Å². The summed E-state index contributed by atoms with van der Waals surface area (Å²) in [6.45, 7) is 13.2. The van der Waals surface area contributed by atoms with E-state index in [1.807, 2.05) is 0 Å². The maximum atomic E-state index is 3.68. The topological polar surface area (TPSA) is 18.5 Å². The van der Waals surface area contributed by atoms with Crippen molar-refractivity contribution in [3.05, 3.63) is 0 Å². The van der Waals surface area contributed by atoms with Gasteiger partial charge in [-0.3, -0.25) is 4.90 Å². The minimum Gasteiger partial charge on any atom is -0.310 e. The van der Waals surface area contributed by atoms with E-state index in [0.29, 0.717) is 6.04 Å². The molecule has 2 heterocycles. The van der Waals surface area contributed by atoms with Gasteiger partial charge in [-0.25, -0.2) is 0 Å². The highest BCUT2D eigenvalue weighted by Crippen LogP contribution is 2.20. The van der Waals surface area contributed by atoms with E-state index in [-0.39, 0.29) is 0 Å². The Bertz CT molecular complexity index is 230. The van der Waals surface area contributed by atoms with Crippen LogP contribution in [0.4, 0.5) is 0 Å². The fraction of sp³-hybridized carbons (Fsp3) is 1.00. The van der Waals surface area contributed by atoms with Crippen LogP contribution in [0.3, 0.4) is 0 Å². The summed E-state index contributed by atoms with van der Waals surface area (Å²) in [5.41, 5.74) is 0. The highest BCUT2D eigenvalue weighted by atomic mass is 15.3. The maximum Gasteiger partial charge on any atom is 0.0224 e. The second-order valence-corrected chi connectivity index (χ2v) is 5.99. The molecule has 0 aliphatic carbocycles. The lowest BCUT2D eigenvalue weighted by Crippen LogP contribution is -2.48. The third-order valence-corrected chi connectivity index (χ3v) is 4.23. The lowest BCUT2D eigenvalue weighted by molar-refractivity contribution is 0.117. The predicted molar refractivity (Wildman–Crippen MR) is 73.4 cm³/mol. The molecule has 0 amide bonds. The van der Waals surface area contributed by atoms with E-state index in [1.54, 1.807) is 0 Å². The van der Waals surface area contributed by atoms with Gasteiger partial charge in [-0.1, -0.05) is 20.8 Å². The average molecular weight is 239 g/mol. The molecule has 100 valence electrons. The van der Waals surface area contributed by atoms with Gasteiger partial charge in [-0.05, 0) is 32.4 Å². The molecule has 17 heavy (non-hydrogen) atoms. The van der Waals surface area contributed by atoms with E-state index in [9.17, 15) is 0 Å². The number of piperidine rings is 1. The van der Waals surface area contributed by atoms with Crippen LogP contribution in [0.1, 0.15) is 40.0 Å². The molecule has 3 heteroatoms. The van der Waals surface area contributed by atoms with Crippen molar-refractivity contribution in [2.75, 3.05) is 32.7 Å². The van der Waals surface area contributed by atoms with Crippen molar-refractivity contribution in [1.82, 2.24) is 15.1 Å². The molecule has 2 aliphatic heterocycles. The molecule has 0 aromatic rings. The van der Waals surface area contributed by atoms with E-state index in [4.69, 9.17) is 0 Å². The molecule has 2 saturated heterocycles. The fourth-order valence-corrected chi connectivity index (χ4v) is 3.34. The zero-order valence-electron chi connectivity index (χ0n) is 11.8. The summed E-state index contributed by atoms with van der Waals surface area (Å²) in [6, 6.07) is 2.17. The summed E-state index contributed by atoms with van der Waals surface area (Å²) >= 11 is 0. The lowest BCUT2D eigenvalue weighted by Gasteiger charge is -2.37. The first kappa shape index (κ1) is 13.3. The summed E-state index contributed by atoms with van der Waals surface area (Å²) in [6.07, 6.45) is 4.13. The summed E-state index contributed by atoms with van der Waals surface area (Å²) in [5, 5.41) is 3.68. The Kier molecular flexibility index (Phi) is 4.83. The van der Waals surface area contributed by atoms with Crippen LogP contribution in [0.15, 0.2) is 0 Å². The molecular formula is C14H29N3. The Morgan fingerprint density at radius 3 is 2.71 bits per heavy atom. The van der Waals surface area contributed by atoms with Crippen LogP contribution in [0.2, 0.25) is 0 Å². The van der Waals surface area contributed by atoms with Gasteiger partial charge in [0.25, 0.3) is 0 Å². The van der Waals surface area contributed by atoms with Crippen LogP contribution in [0.5, 0.6) is 0 Å². The average Bonchev–Trinajstić information content (AvgIpc) is 2.77. The molecular weight excluding hydrogens is 210 g/mol. The molecule has 3 nitrogen and oxygen atoms in total. The Balaban J connectivity index is 1.79. The minimum atomic E-state index is 0.624. The highest BCUT2D eigenvalue weighted by Gasteiger charge is 2.30. The fourth-order valence-electron chi connectivity index (χ4n) is 3.34. The van der Waals surface area contributed by atoms with Gasteiger partial charge in [0.2, 0.25) is 0 Å². The van der Waals surface area contributed by atoms with Gasteiger partial charge < -0.3 is 10.2 Å². The van der Waals surface area contributed by atoms with E-state index in [1.165, 1.54) is 52.0 Å². The predicted octanol–water partition coefficient (Wildman–Crippen LogP) is 1.54. The summed E-state index contributed by atoms with van der Waals surface area (Å²) in [7, 11) is 0. The summed E-state index contributed by atoms with van der Waals surface area (Å²) in [5.74, 6) is 0. The molecule has 2 atom stereocenters. The Morgan fingerprint density at radius 1 is 1.18 bits per heavy atom. The molecule has 0 aromatic carbocycles. The maximum absolute atomic E-state index is 3.68. The summed E-state index contributed by atoms with van der Waals surface area (Å²) in [4.78, 5) is 5.33. The van der Waals surface area contributed by atoms with E-state index in [0.717, 1.165) is 12.1 Å². The third kappa shape index (κ3) is 3.67. The molecule has 2 rings (SSSR count). The quantitative estimate of drug-likeness (QED) is 0.803. The standard InChI is InChI=1S/C14H29N3/c1-4-16-8-5-6-14(11-16)17-9-7-13(10-17)15-12(2)3/h12-15H,4-11H2,1-3H3. The first-order valence-corrected chi connectivity index (χ1v) is 7.41. The molecule has 0 saturated carbocycles. The number of hydrogen-bond donors (Lipinski definition) is 1. The van der Waals surface area contributed by atoms with Crippen molar-refractivity contribution in [2.45, 2.75) is 58.2 Å². The lowest BCUT2D eigenvalue weighted by atomic mass is 10.0. The second-order valence-electron chi connectivity index (χ2n) is 5.99. The zero-order chi connectivity index (χ0) is 12.3. The smallest absolute Gasteiger partial charge is 0.0224 e. The SMILES string of the molecule is CCN1CCCC(N2CCC(NC(C)C)C2)C1. The van der Waals surface area contributed by atoms with Crippen LogP contribution in [-0.4, -0.2) is 60.6 Å². The van der Waals surface area contributed by atoms with Gasteiger partial charge in [-0.15, -0.1) is 0 Å². The number of rotatable bonds is 4. The molecule has 0 bridgehead atoms. The molecule has 0 radical (unpaired) electrons. The monoisotopic (exact) mass is 239 g/mol. The zero-order valence-corrected chi connectivity index (χ0v) is 11.8. The van der Waals surface area contributed by atoms with Crippen LogP contribution in [0, 0.1) is 0 Å². The van der Waals surface area contributed by atoms with E-state index < -0.39 is 0 Å². The van der Waals surface area contributed by atoms with Crippen LogP contribution >= 0.6 is 0 Å². The van der Waals surface area contributed by atoms with Gasteiger partial charge in [0, 0.05) is 37.8 Å². The van der Waals surface area contributed by atoms with Gasteiger partial charge >= 0.3 is 0 Å². The number of likely N-dealkylation sites (N-methyl/N-ethyl adjacent to an activating group) is 1. The Hall–Kier alpha value is -0.120. The normalized spacial score (nSPS) is 32.5. The number of nitrogens with one attached hydrogen (secondary N) is 1. The van der Waals surface area contributed by atoms with Gasteiger partial charge in [-0.2, -0.15) is 0 Å². The molecule has 0 aromatic heterocycles. The van der Waals surface area contributed by atoms with Gasteiger partial charge in [0.15, 0.2) is 0 Å².